The first-order valence-corrected chi connectivity index (χ1v) is 10.1. The van der Waals surface area contributed by atoms with Crippen molar-refractivity contribution in [2.24, 2.45) is 0 Å². The number of ether oxygens (including phenoxy) is 1. The molecule has 1 aliphatic heterocycles. The van der Waals surface area contributed by atoms with E-state index in [1.807, 2.05) is 4.90 Å². The average molecular weight is 399 g/mol. The summed E-state index contributed by atoms with van der Waals surface area (Å²) >= 11 is 0. The first kappa shape index (κ1) is 20.8. The number of hydrogen-bond acceptors (Lipinski definition) is 3. The number of nitrogens with one attached hydrogen (secondary N) is 2. The van der Waals surface area contributed by atoms with E-state index in [9.17, 15) is 18.0 Å². The molecule has 0 radical (unpaired) electrons. The van der Waals surface area contributed by atoms with Gasteiger partial charge in [-0.1, -0.05) is 12.8 Å². The molecule has 1 saturated heterocycles. The van der Waals surface area contributed by atoms with Gasteiger partial charge in [0.25, 0.3) is 0 Å². The molecule has 2 fully saturated rings. The summed E-state index contributed by atoms with van der Waals surface area (Å²) in [6, 6.07) is 3.02. The Labute approximate surface area is 163 Å². The van der Waals surface area contributed by atoms with Crippen LogP contribution in [0.1, 0.15) is 50.5 Å². The maximum atomic E-state index is 13.1. The van der Waals surface area contributed by atoms with Crippen molar-refractivity contribution in [3.8, 4) is 0 Å². The normalized spacial score (nSPS) is 17.9. The van der Waals surface area contributed by atoms with Gasteiger partial charge in [-0.3, -0.25) is 0 Å². The number of rotatable bonds is 7. The van der Waals surface area contributed by atoms with Gasteiger partial charge < -0.3 is 20.3 Å². The standard InChI is InChI=1S/C20H28F3N3O2/c21-20(22,23)15-8-9-18(26-11-3-4-12-26)17(14-15)25-19(27)24-10-5-13-28-16-6-1-2-7-16/h8-9,14,16H,1-7,10-13H2,(H2,24,25,27). The molecule has 1 aromatic carbocycles. The molecule has 8 heteroatoms. The summed E-state index contributed by atoms with van der Waals surface area (Å²) in [6.45, 7) is 2.55. The Morgan fingerprint density at radius 2 is 1.86 bits per heavy atom. The Bertz CT molecular complexity index is 655. The lowest BCUT2D eigenvalue weighted by Crippen LogP contribution is -2.31. The lowest BCUT2D eigenvalue weighted by molar-refractivity contribution is -0.137. The molecule has 0 unspecified atom stereocenters. The fourth-order valence-corrected chi connectivity index (χ4v) is 3.79. The minimum Gasteiger partial charge on any atom is -0.378 e. The Hall–Kier alpha value is -1.96. The molecular weight excluding hydrogens is 371 g/mol. The number of halogens is 3. The first-order chi connectivity index (χ1) is 13.4. The van der Waals surface area contributed by atoms with Crippen LogP contribution >= 0.6 is 0 Å². The molecule has 1 aromatic rings. The molecule has 2 amide bonds. The molecule has 0 aromatic heterocycles. The van der Waals surface area contributed by atoms with Gasteiger partial charge in [-0.15, -0.1) is 0 Å². The molecule has 1 heterocycles. The summed E-state index contributed by atoms with van der Waals surface area (Å²) in [5, 5.41) is 5.30. The van der Waals surface area contributed by atoms with Crippen molar-refractivity contribution in [1.82, 2.24) is 5.32 Å². The summed E-state index contributed by atoms with van der Waals surface area (Å²) in [7, 11) is 0. The number of nitrogens with zero attached hydrogens (tertiary/aromatic N) is 1. The maximum Gasteiger partial charge on any atom is 0.416 e. The van der Waals surface area contributed by atoms with Crippen LogP contribution in [0.25, 0.3) is 0 Å². The summed E-state index contributed by atoms with van der Waals surface area (Å²) in [5.74, 6) is 0. The third-order valence-electron chi connectivity index (χ3n) is 5.28. The van der Waals surface area contributed by atoms with Crippen molar-refractivity contribution in [2.45, 2.75) is 57.2 Å². The molecule has 0 bridgehead atoms. The predicted octanol–water partition coefficient (Wildman–Crippen LogP) is 4.78. The van der Waals surface area contributed by atoms with Gasteiger partial charge in [-0.05, 0) is 50.3 Å². The SMILES string of the molecule is O=C(NCCCOC1CCCC1)Nc1cc(C(F)(F)F)ccc1N1CCCC1. The summed E-state index contributed by atoms with van der Waals surface area (Å²) in [6.07, 6.45) is 3.16. The average Bonchev–Trinajstić information content (AvgIpc) is 3.34. The quantitative estimate of drug-likeness (QED) is 0.649. The zero-order chi connectivity index (χ0) is 20.0. The van der Waals surface area contributed by atoms with Crippen LogP contribution in [0.2, 0.25) is 0 Å². The van der Waals surface area contributed by atoms with Crippen molar-refractivity contribution in [2.75, 3.05) is 36.5 Å². The number of hydrogen-bond donors (Lipinski definition) is 2. The van der Waals surface area contributed by atoms with Crippen LogP contribution in [0.5, 0.6) is 0 Å². The van der Waals surface area contributed by atoms with E-state index in [1.165, 1.54) is 18.9 Å². The van der Waals surface area contributed by atoms with Crippen LogP contribution in [0, 0.1) is 0 Å². The number of urea groups is 1. The molecule has 3 rings (SSSR count). The fraction of sp³-hybridized carbons (Fsp3) is 0.650. The fourth-order valence-electron chi connectivity index (χ4n) is 3.79. The van der Waals surface area contributed by atoms with Crippen LogP contribution in [-0.4, -0.2) is 38.4 Å². The Morgan fingerprint density at radius 3 is 2.54 bits per heavy atom. The van der Waals surface area contributed by atoms with Crippen LogP contribution in [-0.2, 0) is 10.9 Å². The van der Waals surface area contributed by atoms with Crippen molar-refractivity contribution in [1.29, 1.82) is 0 Å². The van der Waals surface area contributed by atoms with E-state index in [-0.39, 0.29) is 5.69 Å². The Balaban J connectivity index is 1.53. The van der Waals surface area contributed by atoms with E-state index in [2.05, 4.69) is 10.6 Å². The lowest BCUT2D eigenvalue weighted by atomic mass is 10.1. The molecule has 2 aliphatic rings. The van der Waals surface area contributed by atoms with E-state index in [1.54, 1.807) is 0 Å². The third-order valence-corrected chi connectivity index (χ3v) is 5.28. The Kier molecular flexibility index (Phi) is 7.04. The number of anilines is 2. The summed E-state index contributed by atoms with van der Waals surface area (Å²) in [5.41, 5.74) is 0.0531. The zero-order valence-electron chi connectivity index (χ0n) is 16.0. The van der Waals surface area contributed by atoms with E-state index < -0.39 is 17.8 Å². The second-order valence-corrected chi connectivity index (χ2v) is 7.44. The highest BCUT2D eigenvalue weighted by molar-refractivity contribution is 5.93. The van der Waals surface area contributed by atoms with Gasteiger partial charge >= 0.3 is 12.2 Å². The van der Waals surface area contributed by atoms with Gasteiger partial charge in [0.05, 0.1) is 23.0 Å². The van der Waals surface area contributed by atoms with Gasteiger partial charge in [0.1, 0.15) is 0 Å². The second-order valence-electron chi connectivity index (χ2n) is 7.44. The van der Waals surface area contributed by atoms with Crippen LogP contribution in [0.15, 0.2) is 18.2 Å². The van der Waals surface area contributed by atoms with Gasteiger partial charge in [0.15, 0.2) is 0 Å². The smallest absolute Gasteiger partial charge is 0.378 e. The highest BCUT2D eigenvalue weighted by Crippen LogP contribution is 2.36. The van der Waals surface area contributed by atoms with Crippen LogP contribution < -0.4 is 15.5 Å². The van der Waals surface area contributed by atoms with Gasteiger partial charge in [0.2, 0.25) is 0 Å². The molecule has 156 valence electrons. The van der Waals surface area contributed by atoms with Gasteiger partial charge in [0, 0.05) is 26.2 Å². The molecule has 0 spiro atoms. The molecule has 5 nitrogen and oxygen atoms in total. The van der Waals surface area contributed by atoms with Crippen LogP contribution in [0.3, 0.4) is 0 Å². The third kappa shape index (κ3) is 5.77. The number of benzene rings is 1. The van der Waals surface area contributed by atoms with E-state index in [4.69, 9.17) is 4.74 Å². The van der Waals surface area contributed by atoms with Crippen molar-refractivity contribution >= 4 is 17.4 Å². The van der Waals surface area contributed by atoms with E-state index in [0.29, 0.717) is 31.4 Å². The minimum absolute atomic E-state index is 0.191. The molecular formula is C20H28F3N3O2. The highest BCUT2D eigenvalue weighted by atomic mass is 19.4. The predicted molar refractivity (Wildman–Crippen MR) is 103 cm³/mol. The largest absolute Gasteiger partial charge is 0.416 e. The van der Waals surface area contributed by atoms with Gasteiger partial charge in [-0.2, -0.15) is 13.2 Å². The van der Waals surface area contributed by atoms with E-state index in [0.717, 1.165) is 50.9 Å². The van der Waals surface area contributed by atoms with Crippen molar-refractivity contribution in [3.05, 3.63) is 23.8 Å². The molecule has 0 atom stereocenters. The second kappa shape index (κ2) is 9.49. The number of carbonyl (C=O) groups is 1. The minimum atomic E-state index is -4.45. The monoisotopic (exact) mass is 399 g/mol. The maximum absolute atomic E-state index is 13.1. The van der Waals surface area contributed by atoms with Crippen LogP contribution in [0.4, 0.5) is 29.3 Å². The Morgan fingerprint density at radius 1 is 1.14 bits per heavy atom. The highest BCUT2D eigenvalue weighted by Gasteiger charge is 2.32. The summed E-state index contributed by atoms with van der Waals surface area (Å²) in [4.78, 5) is 14.2. The van der Waals surface area contributed by atoms with E-state index >= 15 is 0 Å². The van der Waals surface area contributed by atoms with Gasteiger partial charge in [-0.25, -0.2) is 4.79 Å². The summed E-state index contributed by atoms with van der Waals surface area (Å²) < 4.78 is 45.0. The topological polar surface area (TPSA) is 53.6 Å². The van der Waals surface area contributed by atoms with Crippen molar-refractivity contribution < 1.29 is 22.7 Å². The van der Waals surface area contributed by atoms with Crippen molar-refractivity contribution in [3.63, 3.8) is 0 Å². The number of alkyl halides is 3. The molecule has 1 saturated carbocycles. The number of carbonyl (C=O) groups excluding carboxylic acids is 1. The first-order valence-electron chi connectivity index (χ1n) is 10.1. The molecule has 1 aliphatic carbocycles. The molecule has 2 N–H and O–H groups in total. The number of amides is 2. The molecule has 28 heavy (non-hydrogen) atoms. The zero-order valence-corrected chi connectivity index (χ0v) is 16.0. The lowest BCUT2D eigenvalue weighted by Gasteiger charge is -2.23.